The maximum absolute atomic E-state index is 10.5. The van der Waals surface area contributed by atoms with Gasteiger partial charge in [-0.25, -0.2) is 9.59 Å². The van der Waals surface area contributed by atoms with Crippen LogP contribution < -0.4 is 0 Å². The van der Waals surface area contributed by atoms with E-state index >= 15 is 0 Å². The van der Waals surface area contributed by atoms with E-state index in [0.717, 1.165) is 12.8 Å². The minimum Gasteiger partial charge on any atom is -0.478 e. The summed E-state index contributed by atoms with van der Waals surface area (Å²) in [5.74, 6) is -0.953. The molecule has 0 aromatic heterocycles. The molecule has 0 spiro atoms. The van der Waals surface area contributed by atoms with Crippen LogP contribution in [0.4, 0.5) is 4.79 Å². The molecule has 0 aromatic rings. The largest absolute Gasteiger partial charge is 0.508 e. The van der Waals surface area contributed by atoms with E-state index in [1.54, 1.807) is 0 Å². The second-order valence-corrected chi connectivity index (χ2v) is 3.46. The molecule has 0 radical (unpaired) electrons. The number of hydrogen-bond donors (Lipinski definition) is 1. The molecular formula is C10H14O5. The van der Waals surface area contributed by atoms with E-state index in [2.05, 4.69) is 11.3 Å². The lowest BCUT2D eigenvalue weighted by Gasteiger charge is -2.05. The van der Waals surface area contributed by atoms with Gasteiger partial charge in [-0.05, 0) is 25.7 Å². The molecule has 1 heterocycles. The molecule has 1 unspecified atom stereocenters. The molecule has 5 heteroatoms. The van der Waals surface area contributed by atoms with Crippen LogP contribution in [0.5, 0.6) is 0 Å². The van der Waals surface area contributed by atoms with Crippen molar-refractivity contribution in [2.24, 2.45) is 0 Å². The van der Waals surface area contributed by atoms with E-state index in [4.69, 9.17) is 9.84 Å². The van der Waals surface area contributed by atoms with Crippen LogP contribution in [0.3, 0.4) is 0 Å². The topological polar surface area (TPSA) is 72.8 Å². The summed E-state index contributed by atoms with van der Waals surface area (Å²) in [5, 5.41) is 8.54. The van der Waals surface area contributed by atoms with Gasteiger partial charge in [0, 0.05) is 5.57 Å². The van der Waals surface area contributed by atoms with Gasteiger partial charge in [-0.3, -0.25) is 0 Å². The fourth-order valence-electron chi connectivity index (χ4n) is 1.32. The zero-order valence-electron chi connectivity index (χ0n) is 8.40. The summed E-state index contributed by atoms with van der Waals surface area (Å²) in [6, 6.07) is 0. The van der Waals surface area contributed by atoms with Crippen LogP contribution in [0.1, 0.15) is 25.7 Å². The third-order valence-electron chi connectivity index (χ3n) is 2.21. The highest BCUT2D eigenvalue weighted by Gasteiger charge is 2.24. The standard InChI is InChI=1S/C10H14O5/c1-7(9(11)12)4-2-3-5-8-6-14-10(13)15-8/h8H,1-6H2,(H,11,12). The van der Waals surface area contributed by atoms with Gasteiger partial charge >= 0.3 is 12.1 Å². The minimum absolute atomic E-state index is 0.171. The Morgan fingerprint density at radius 2 is 2.27 bits per heavy atom. The monoisotopic (exact) mass is 214 g/mol. The van der Waals surface area contributed by atoms with Crippen LogP contribution in [0.2, 0.25) is 0 Å². The molecule has 0 bridgehead atoms. The van der Waals surface area contributed by atoms with Gasteiger partial charge < -0.3 is 14.6 Å². The van der Waals surface area contributed by atoms with Gasteiger partial charge in [-0.1, -0.05) is 6.58 Å². The molecule has 1 saturated heterocycles. The fraction of sp³-hybridized carbons (Fsp3) is 0.600. The third kappa shape index (κ3) is 4.01. The van der Waals surface area contributed by atoms with Crippen LogP contribution >= 0.6 is 0 Å². The summed E-state index contributed by atoms with van der Waals surface area (Å²) in [6.07, 6.45) is 1.92. The Bertz CT molecular complexity index is 271. The van der Waals surface area contributed by atoms with Crippen molar-refractivity contribution in [1.29, 1.82) is 0 Å². The van der Waals surface area contributed by atoms with Gasteiger partial charge in [0.1, 0.15) is 12.7 Å². The first-order valence-corrected chi connectivity index (χ1v) is 4.84. The summed E-state index contributed by atoms with van der Waals surface area (Å²) >= 11 is 0. The van der Waals surface area contributed by atoms with Crippen LogP contribution in [0.15, 0.2) is 12.2 Å². The molecule has 84 valence electrons. The minimum atomic E-state index is -0.953. The number of cyclic esters (lactones) is 2. The summed E-state index contributed by atoms with van der Waals surface area (Å²) in [7, 11) is 0. The number of carbonyl (C=O) groups is 2. The highest BCUT2D eigenvalue weighted by atomic mass is 16.8. The zero-order chi connectivity index (χ0) is 11.3. The van der Waals surface area contributed by atoms with E-state index < -0.39 is 12.1 Å². The molecule has 1 aliphatic heterocycles. The van der Waals surface area contributed by atoms with Crippen molar-refractivity contribution < 1.29 is 24.2 Å². The number of rotatable bonds is 6. The molecule has 0 saturated carbocycles. The number of hydrogen-bond acceptors (Lipinski definition) is 4. The molecule has 0 aliphatic carbocycles. The normalized spacial score (nSPS) is 19.5. The predicted octanol–water partition coefficient (Wildman–Crippen LogP) is 1.72. The van der Waals surface area contributed by atoms with Crippen molar-refractivity contribution >= 4 is 12.1 Å². The Kier molecular flexibility index (Phi) is 4.15. The van der Waals surface area contributed by atoms with Crippen LogP contribution in [0.25, 0.3) is 0 Å². The van der Waals surface area contributed by atoms with Crippen molar-refractivity contribution in [3.63, 3.8) is 0 Å². The van der Waals surface area contributed by atoms with E-state index in [0.29, 0.717) is 19.4 Å². The summed E-state index contributed by atoms with van der Waals surface area (Å²) in [4.78, 5) is 21.0. The number of ether oxygens (including phenoxy) is 2. The summed E-state index contributed by atoms with van der Waals surface area (Å²) in [5.41, 5.74) is 0.217. The summed E-state index contributed by atoms with van der Waals surface area (Å²) < 4.78 is 9.42. The average molecular weight is 214 g/mol. The Hall–Kier alpha value is -1.52. The second kappa shape index (κ2) is 5.38. The first kappa shape index (κ1) is 11.6. The Labute approximate surface area is 87.7 Å². The first-order valence-electron chi connectivity index (χ1n) is 4.84. The van der Waals surface area contributed by atoms with Gasteiger partial charge in [0.15, 0.2) is 0 Å². The quantitative estimate of drug-likeness (QED) is 0.414. The highest BCUT2D eigenvalue weighted by molar-refractivity contribution is 5.85. The Morgan fingerprint density at radius 3 is 2.80 bits per heavy atom. The van der Waals surface area contributed by atoms with Crippen molar-refractivity contribution in [2.45, 2.75) is 31.8 Å². The van der Waals surface area contributed by atoms with Crippen molar-refractivity contribution in [1.82, 2.24) is 0 Å². The molecule has 1 fully saturated rings. The molecule has 15 heavy (non-hydrogen) atoms. The molecule has 1 rings (SSSR count). The van der Waals surface area contributed by atoms with E-state index in [1.807, 2.05) is 0 Å². The van der Waals surface area contributed by atoms with Gasteiger partial charge in [0.05, 0.1) is 0 Å². The van der Waals surface area contributed by atoms with Crippen molar-refractivity contribution in [2.75, 3.05) is 6.61 Å². The van der Waals surface area contributed by atoms with Gasteiger partial charge in [-0.15, -0.1) is 0 Å². The van der Waals surface area contributed by atoms with Gasteiger partial charge in [0.2, 0.25) is 0 Å². The molecule has 1 atom stereocenters. The molecule has 5 nitrogen and oxygen atoms in total. The second-order valence-electron chi connectivity index (χ2n) is 3.46. The Morgan fingerprint density at radius 1 is 1.53 bits per heavy atom. The molecular weight excluding hydrogens is 200 g/mol. The lowest BCUT2D eigenvalue weighted by atomic mass is 10.1. The number of carboxylic acid groups (broad SMARTS) is 1. The van der Waals surface area contributed by atoms with E-state index in [-0.39, 0.29) is 11.7 Å². The molecule has 1 N–H and O–H groups in total. The number of aliphatic carboxylic acids is 1. The maximum atomic E-state index is 10.5. The lowest BCUT2D eigenvalue weighted by molar-refractivity contribution is -0.132. The number of carbonyl (C=O) groups excluding carboxylic acids is 1. The maximum Gasteiger partial charge on any atom is 0.508 e. The predicted molar refractivity (Wildman–Crippen MR) is 51.5 cm³/mol. The zero-order valence-corrected chi connectivity index (χ0v) is 8.40. The Balaban J connectivity index is 2.04. The van der Waals surface area contributed by atoms with Crippen LogP contribution in [0, 0.1) is 0 Å². The molecule has 0 aromatic carbocycles. The van der Waals surface area contributed by atoms with Gasteiger partial charge in [-0.2, -0.15) is 0 Å². The number of unbranched alkanes of at least 4 members (excludes halogenated alkanes) is 1. The highest BCUT2D eigenvalue weighted by Crippen LogP contribution is 2.15. The van der Waals surface area contributed by atoms with Gasteiger partial charge in [0.25, 0.3) is 0 Å². The van der Waals surface area contributed by atoms with Crippen molar-refractivity contribution in [3.05, 3.63) is 12.2 Å². The fourth-order valence-corrected chi connectivity index (χ4v) is 1.32. The smallest absolute Gasteiger partial charge is 0.478 e. The van der Waals surface area contributed by atoms with Crippen LogP contribution in [-0.4, -0.2) is 29.9 Å². The van der Waals surface area contributed by atoms with E-state index in [1.165, 1.54) is 0 Å². The first-order chi connectivity index (χ1) is 7.09. The number of carboxylic acids is 1. The van der Waals surface area contributed by atoms with Crippen molar-refractivity contribution in [3.8, 4) is 0 Å². The molecule has 1 aliphatic rings. The SMILES string of the molecule is C=C(CCCCC1COC(=O)O1)C(=O)O. The molecule has 0 amide bonds. The average Bonchev–Trinajstić information content (AvgIpc) is 2.58. The van der Waals surface area contributed by atoms with Crippen LogP contribution in [-0.2, 0) is 14.3 Å². The third-order valence-corrected chi connectivity index (χ3v) is 2.21. The summed E-state index contributed by atoms with van der Waals surface area (Å²) in [6.45, 7) is 3.73. The lowest BCUT2D eigenvalue weighted by Crippen LogP contribution is -2.09. The van der Waals surface area contributed by atoms with E-state index in [9.17, 15) is 9.59 Å².